The summed E-state index contributed by atoms with van der Waals surface area (Å²) in [6.07, 6.45) is 1.64. The minimum Gasteiger partial charge on any atom is -0.378 e. The summed E-state index contributed by atoms with van der Waals surface area (Å²) in [7, 11) is -3.75. The normalized spacial score (nSPS) is 13.1. The van der Waals surface area contributed by atoms with Gasteiger partial charge in [-0.05, 0) is 28.3 Å². The van der Waals surface area contributed by atoms with E-state index in [-0.39, 0.29) is 9.38 Å². The van der Waals surface area contributed by atoms with Crippen LogP contribution in [0.25, 0.3) is 0 Å². The van der Waals surface area contributed by atoms with E-state index in [0.29, 0.717) is 8.81 Å². The van der Waals surface area contributed by atoms with Crippen LogP contribution in [0, 0.1) is 0 Å². The van der Waals surface area contributed by atoms with E-state index in [0.717, 1.165) is 23.1 Å². The Morgan fingerprint density at radius 1 is 1.73 bits per heavy atom. The number of amidine groups is 1. The first-order chi connectivity index (χ1) is 6.86. The summed E-state index contributed by atoms with van der Waals surface area (Å²) in [5.41, 5.74) is 5.34. The second kappa shape index (κ2) is 5.05. The van der Waals surface area contributed by atoms with Crippen LogP contribution in [0.3, 0.4) is 0 Å². The Kier molecular flexibility index (Phi) is 4.48. The molecule has 0 aromatic carbocycles. The number of sulfonamides is 1. The van der Waals surface area contributed by atoms with Crippen LogP contribution in [-0.4, -0.2) is 19.8 Å². The molecule has 1 aromatic heterocycles. The van der Waals surface area contributed by atoms with Crippen molar-refractivity contribution in [2.24, 2.45) is 10.1 Å². The largest absolute Gasteiger partial charge is 0.378 e. The number of nitrogens with two attached hydrogens (primary N) is 1. The van der Waals surface area contributed by atoms with Gasteiger partial charge in [0, 0.05) is 0 Å². The molecule has 4 nitrogen and oxygen atoms in total. The van der Waals surface area contributed by atoms with Crippen molar-refractivity contribution >= 4 is 65.8 Å². The second-order valence-corrected chi connectivity index (χ2v) is 7.46. The Labute approximate surface area is 109 Å². The first kappa shape index (κ1) is 13.3. The van der Waals surface area contributed by atoms with Crippen molar-refractivity contribution in [1.29, 1.82) is 0 Å². The van der Waals surface area contributed by atoms with Gasteiger partial charge in [0.1, 0.15) is 0 Å². The van der Waals surface area contributed by atoms with Crippen LogP contribution in [-0.2, 0) is 10.0 Å². The molecule has 0 aliphatic rings. The smallest absolute Gasteiger partial charge is 0.295 e. The minimum absolute atomic E-state index is 0.00794. The zero-order chi connectivity index (χ0) is 11.6. The third-order valence-corrected chi connectivity index (χ3v) is 6.12. The van der Waals surface area contributed by atoms with E-state index in [1.165, 1.54) is 6.07 Å². The second-order valence-electron chi connectivity index (χ2n) is 2.29. The van der Waals surface area contributed by atoms with Gasteiger partial charge in [0.2, 0.25) is 0 Å². The Bertz CT molecular complexity index is 496. The summed E-state index contributed by atoms with van der Waals surface area (Å²) in [6, 6.07) is 1.50. The van der Waals surface area contributed by atoms with E-state index in [1.54, 1.807) is 6.26 Å². The van der Waals surface area contributed by atoms with Gasteiger partial charge in [-0.2, -0.15) is 8.42 Å². The first-order valence-corrected chi connectivity index (χ1v) is 8.11. The molecule has 0 aliphatic heterocycles. The summed E-state index contributed by atoms with van der Waals surface area (Å²) in [5, 5.41) is -0.00794. The number of thioether (sulfide) groups is 1. The van der Waals surface area contributed by atoms with Gasteiger partial charge < -0.3 is 5.73 Å². The highest BCUT2D eigenvalue weighted by atomic mass is 79.9. The summed E-state index contributed by atoms with van der Waals surface area (Å²) < 4.78 is 27.6. The maximum Gasteiger partial charge on any atom is 0.295 e. The molecule has 9 heteroatoms. The van der Waals surface area contributed by atoms with Crippen molar-refractivity contribution in [3.05, 3.63) is 14.9 Å². The van der Waals surface area contributed by atoms with Crippen molar-refractivity contribution in [3.8, 4) is 0 Å². The van der Waals surface area contributed by atoms with Gasteiger partial charge in [-0.3, -0.25) is 0 Å². The number of nitrogens with zero attached hydrogens (tertiary/aromatic N) is 1. The van der Waals surface area contributed by atoms with Crippen LogP contribution in [0.4, 0.5) is 0 Å². The minimum atomic E-state index is -3.75. The van der Waals surface area contributed by atoms with Crippen LogP contribution < -0.4 is 5.73 Å². The average Bonchev–Trinajstić information content (AvgIpc) is 2.45. The van der Waals surface area contributed by atoms with Crippen molar-refractivity contribution in [3.63, 3.8) is 0 Å². The highest BCUT2D eigenvalue weighted by molar-refractivity contribution is 9.10. The predicted molar refractivity (Wildman–Crippen MR) is 69.4 cm³/mol. The average molecular weight is 350 g/mol. The summed E-state index contributed by atoms with van der Waals surface area (Å²) in [4.78, 5) is 0. The van der Waals surface area contributed by atoms with Gasteiger partial charge in [0.05, 0.1) is 8.81 Å². The number of halogens is 2. The Morgan fingerprint density at radius 3 is 2.73 bits per heavy atom. The monoisotopic (exact) mass is 348 g/mol. The summed E-state index contributed by atoms with van der Waals surface area (Å²) >= 11 is 10.8. The Balaban J connectivity index is 3.24. The van der Waals surface area contributed by atoms with Crippen LogP contribution in [0.1, 0.15) is 0 Å². The fourth-order valence-corrected chi connectivity index (χ4v) is 5.08. The van der Waals surface area contributed by atoms with E-state index in [9.17, 15) is 8.42 Å². The lowest BCUT2D eigenvalue weighted by Crippen LogP contribution is -2.09. The quantitative estimate of drug-likeness (QED) is 0.658. The van der Waals surface area contributed by atoms with Gasteiger partial charge >= 0.3 is 0 Å². The van der Waals surface area contributed by atoms with E-state index in [4.69, 9.17) is 17.3 Å². The highest BCUT2D eigenvalue weighted by Crippen LogP contribution is 2.35. The molecule has 0 bridgehead atoms. The lowest BCUT2D eigenvalue weighted by Gasteiger charge is -1.97. The molecule has 0 saturated carbocycles. The van der Waals surface area contributed by atoms with Gasteiger partial charge in [-0.1, -0.05) is 23.4 Å². The van der Waals surface area contributed by atoms with Gasteiger partial charge in [-0.25, -0.2) is 0 Å². The Morgan fingerprint density at radius 2 is 2.33 bits per heavy atom. The van der Waals surface area contributed by atoms with E-state index in [1.807, 2.05) is 0 Å². The van der Waals surface area contributed by atoms with Crippen LogP contribution >= 0.6 is 50.6 Å². The fraction of sp³-hybridized carbons (Fsp3) is 0.167. The van der Waals surface area contributed by atoms with E-state index < -0.39 is 10.0 Å². The molecule has 0 fully saturated rings. The van der Waals surface area contributed by atoms with Crippen LogP contribution in [0.2, 0.25) is 4.34 Å². The van der Waals surface area contributed by atoms with Crippen molar-refractivity contribution < 1.29 is 8.42 Å². The van der Waals surface area contributed by atoms with Crippen molar-refractivity contribution in [1.82, 2.24) is 0 Å². The number of rotatable bonds is 2. The first-order valence-electron chi connectivity index (χ1n) is 3.46. The SMILES string of the molecule is CS/C(N)=N\S(=O)(=O)c1sc(Cl)cc1Br. The fourth-order valence-electron chi connectivity index (χ4n) is 0.698. The third-order valence-electron chi connectivity index (χ3n) is 1.28. The molecule has 1 rings (SSSR count). The van der Waals surface area contributed by atoms with E-state index in [2.05, 4.69) is 20.3 Å². The predicted octanol–water partition coefficient (Wildman–Crippen LogP) is 2.53. The van der Waals surface area contributed by atoms with Gasteiger partial charge in [0.15, 0.2) is 9.38 Å². The maximum absolute atomic E-state index is 11.7. The molecule has 1 heterocycles. The summed E-state index contributed by atoms with van der Waals surface area (Å²) in [6.45, 7) is 0. The molecule has 0 atom stereocenters. The molecule has 1 aromatic rings. The van der Waals surface area contributed by atoms with E-state index >= 15 is 0 Å². The lowest BCUT2D eigenvalue weighted by atomic mass is 10.7. The molecule has 0 saturated heterocycles. The zero-order valence-corrected chi connectivity index (χ0v) is 12.2. The third kappa shape index (κ3) is 3.35. The van der Waals surface area contributed by atoms with Crippen LogP contribution in [0.15, 0.2) is 19.1 Å². The van der Waals surface area contributed by atoms with Crippen molar-refractivity contribution in [2.45, 2.75) is 4.21 Å². The molecule has 15 heavy (non-hydrogen) atoms. The Hall–Kier alpha value is 0.240. The standard InChI is InChI=1S/C6H6BrClN2O2S3/c1-13-6(9)10-15(11,12)5-3(7)2-4(8)14-5/h2H,1H3,(H2,9,10). The zero-order valence-electron chi connectivity index (χ0n) is 7.40. The number of hydrogen-bond acceptors (Lipinski definition) is 4. The number of thiophene rings is 1. The van der Waals surface area contributed by atoms with Gasteiger partial charge in [-0.15, -0.1) is 15.7 Å². The van der Waals surface area contributed by atoms with Crippen LogP contribution in [0.5, 0.6) is 0 Å². The number of hydrogen-bond donors (Lipinski definition) is 1. The summed E-state index contributed by atoms with van der Waals surface area (Å²) in [5.74, 6) is 0. The molecule has 0 unspecified atom stereocenters. The molecule has 0 aliphatic carbocycles. The molecular weight excluding hydrogens is 344 g/mol. The van der Waals surface area contributed by atoms with Gasteiger partial charge in [0.25, 0.3) is 10.0 Å². The molecule has 2 N–H and O–H groups in total. The molecular formula is C6H6BrClN2O2S3. The maximum atomic E-state index is 11.7. The topological polar surface area (TPSA) is 72.5 Å². The lowest BCUT2D eigenvalue weighted by molar-refractivity contribution is 0.599. The molecule has 0 amide bonds. The van der Waals surface area contributed by atoms with Crippen molar-refractivity contribution in [2.75, 3.05) is 6.26 Å². The molecule has 0 radical (unpaired) electrons. The highest BCUT2D eigenvalue weighted by Gasteiger charge is 2.20. The molecule has 0 spiro atoms. The molecule has 84 valence electrons.